The minimum Gasteiger partial charge on any atom is -0.493 e. The average Bonchev–Trinajstić information content (AvgIpc) is 3.44. The molecule has 0 amide bonds. The molecule has 0 spiro atoms. The molecule has 2 aromatic carbocycles. The van der Waals surface area contributed by atoms with Gasteiger partial charge in [-0.15, -0.1) is 0 Å². The summed E-state index contributed by atoms with van der Waals surface area (Å²) in [6.45, 7) is 1.64. The molecular weight excluding hydrogens is 388 g/mol. The van der Waals surface area contributed by atoms with E-state index in [-0.39, 0.29) is 12.7 Å². The van der Waals surface area contributed by atoms with E-state index in [1.807, 2.05) is 6.07 Å². The van der Waals surface area contributed by atoms with E-state index in [1.54, 1.807) is 28.4 Å². The molecule has 30 heavy (non-hydrogen) atoms. The van der Waals surface area contributed by atoms with Crippen LogP contribution in [0.15, 0.2) is 18.2 Å². The Morgan fingerprint density at radius 2 is 1.63 bits per heavy atom. The third-order valence-corrected chi connectivity index (χ3v) is 6.46. The fourth-order valence-corrected chi connectivity index (χ4v) is 5.17. The lowest BCUT2D eigenvalue weighted by Gasteiger charge is -2.37. The van der Waals surface area contributed by atoms with Crippen LogP contribution in [0.3, 0.4) is 0 Å². The fourth-order valence-electron chi connectivity index (χ4n) is 5.17. The monoisotopic (exact) mass is 414 g/mol. The van der Waals surface area contributed by atoms with Crippen LogP contribution in [0.5, 0.6) is 34.5 Å². The molecule has 0 N–H and O–H groups in total. The molecule has 7 nitrogen and oxygen atoms in total. The summed E-state index contributed by atoms with van der Waals surface area (Å²) in [6, 6.07) is 6.16. The molecule has 0 saturated carbocycles. The first-order valence-corrected chi connectivity index (χ1v) is 10.1. The molecule has 0 bridgehead atoms. The van der Waals surface area contributed by atoms with Gasteiger partial charge >= 0.3 is 0 Å². The van der Waals surface area contributed by atoms with Crippen LogP contribution in [0.4, 0.5) is 0 Å². The number of benzene rings is 2. The number of rotatable bonds is 5. The molecular formula is C23H26O7. The van der Waals surface area contributed by atoms with E-state index in [9.17, 15) is 0 Å². The Kier molecular flexibility index (Phi) is 4.77. The van der Waals surface area contributed by atoms with Gasteiger partial charge < -0.3 is 33.2 Å². The predicted octanol–water partition coefficient (Wildman–Crippen LogP) is 3.40. The van der Waals surface area contributed by atoms with Crippen molar-refractivity contribution in [1.29, 1.82) is 0 Å². The van der Waals surface area contributed by atoms with Gasteiger partial charge in [-0.1, -0.05) is 0 Å². The Labute approximate surface area is 175 Å². The first kappa shape index (κ1) is 19.2. The first-order chi connectivity index (χ1) is 14.7. The summed E-state index contributed by atoms with van der Waals surface area (Å²) < 4.78 is 40.0. The molecule has 160 valence electrons. The van der Waals surface area contributed by atoms with Crippen molar-refractivity contribution in [1.82, 2.24) is 0 Å². The number of hydrogen-bond acceptors (Lipinski definition) is 7. The van der Waals surface area contributed by atoms with E-state index in [2.05, 4.69) is 12.1 Å². The Morgan fingerprint density at radius 3 is 2.37 bits per heavy atom. The number of fused-ring (bicyclic) bond motifs is 3. The van der Waals surface area contributed by atoms with Gasteiger partial charge in [0.05, 0.1) is 41.7 Å². The number of methoxy groups -OCH3 is 4. The molecule has 1 fully saturated rings. The Morgan fingerprint density at radius 1 is 0.833 bits per heavy atom. The Hall–Kier alpha value is -2.80. The van der Waals surface area contributed by atoms with Crippen molar-refractivity contribution >= 4 is 0 Å². The van der Waals surface area contributed by atoms with Crippen LogP contribution in [0.2, 0.25) is 0 Å². The summed E-state index contributed by atoms with van der Waals surface area (Å²) in [5.41, 5.74) is 3.39. The summed E-state index contributed by atoms with van der Waals surface area (Å²) >= 11 is 0. The lowest BCUT2D eigenvalue weighted by molar-refractivity contribution is 0.171. The van der Waals surface area contributed by atoms with E-state index in [1.165, 1.54) is 5.56 Å². The van der Waals surface area contributed by atoms with Crippen LogP contribution >= 0.6 is 0 Å². The molecule has 0 unspecified atom stereocenters. The van der Waals surface area contributed by atoms with Gasteiger partial charge in [0.2, 0.25) is 18.3 Å². The fraction of sp³-hybridized carbons (Fsp3) is 0.478. The molecule has 0 radical (unpaired) electrons. The van der Waals surface area contributed by atoms with Crippen molar-refractivity contribution in [3.8, 4) is 34.5 Å². The van der Waals surface area contributed by atoms with Gasteiger partial charge in [-0.2, -0.15) is 0 Å². The van der Waals surface area contributed by atoms with Gasteiger partial charge in [-0.3, -0.25) is 0 Å². The minimum atomic E-state index is 0.0411. The summed E-state index contributed by atoms with van der Waals surface area (Å²) in [5, 5.41) is 0. The van der Waals surface area contributed by atoms with Crippen molar-refractivity contribution in [2.45, 2.75) is 12.3 Å². The zero-order valence-electron chi connectivity index (χ0n) is 17.7. The zero-order chi connectivity index (χ0) is 20.8. The highest BCUT2D eigenvalue weighted by Crippen LogP contribution is 2.56. The average molecular weight is 414 g/mol. The maximum Gasteiger partial charge on any atom is 0.231 e. The van der Waals surface area contributed by atoms with Crippen molar-refractivity contribution in [3.63, 3.8) is 0 Å². The summed E-state index contributed by atoms with van der Waals surface area (Å²) in [6.07, 6.45) is 0.912. The molecule has 3 atom stereocenters. The Balaban J connectivity index is 1.75. The van der Waals surface area contributed by atoms with Crippen molar-refractivity contribution in [3.05, 3.63) is 34.9 Å². The normalized spacial score (nSPS) is 23.5. The van der Waals surface area contributed by atoms with Gasteiger partial charge in [0.1, 0.15) is 0 Å². The summed E-state index contributed by atoms with van der Waals surface area (Å²) in [5.74, 6) is 4.78. The van der Waals surface area contributed by atoms with Crippen molar-refractivity contribution in [2.75, 3.05) is 48.4 Å². The van der Waals surface area contributed by atoms with Crippen molar-refractivity contribution < 1.29 is 33.2 Å². The van der Waals surface area contributed by atoms with Gasteiger partial charge in [0, 0.05) is 11.5 Å². The molecule has 3 aliphatic rings. The molecule has 2 aromatic rings. The standard InChI is InChI=1S/C23H26O7/c1-24-16-7-13(8-18-21(16)30-11-29-18)19-15-10-28-9-14(15)5-12-6-17(25-2)22(26-3)23(27-4)20(12)19/h6-8,14-15,19H,5,9-11H2,1-4H3/t14-,15-,19+/m1/s1. The second-order valence-corrected chi connectivity index (χ2v) is 7.82. The maximum absolute atomic E-state index is 5.92. The molecule has 0 aromatic heterocycles. The first-order valence-electron chi connectivity index (χ1n) is 10.1. The van der Waals surface area contributed by atoms with Crippen LogP contribution in [0.25, 0.3) is 0 Å². The van der Waals surface area contributed by atoms with Crippen LogP contribution in [-0.4, -0.2) is 48.4 Å². The highest BCUT2D eigenvalue weighted by molar-refractivity contribution is 5.65. The Bertz CT molecular complexity index is 971. The smallest absolute Gasteiger partial charge is 0.231 e. The number of ether oxygens (including phenoxy) is 7. The molecule has 1 saturated heterocycles. The molecule has 7 heteroatoms. The predicted molar refractivity (Wildman–Crippen MR) is 109 cm³/mol. The van der Waals surface area contributed by atoms with E-state index < -0.39 is 0 Å². The zero-order valence-corrected chi connectivity index (χ0v) is 17.7. The van der Waals surface area contributed by atoms with Gasteiger partial charge in [-0.25, -0.2) is 0 Å². The SMILES string of the molecule is COc1cc([C@@H]2c3c(cc(OC)c(OC)c3OC)C[C@@H]3COC[C@H]32)cc2c1OCO2. The van der Waals surface area contributed by atoms with Crippen LogP contribution in [0, 0.1) is 11.8 Å². The topological polar surface area (TPSA) is 64.6 Å². The molecule has 5 rings (SSSR count). The third-order valence-electron chi connectivity index (χ3n) is 6.46. The highest BCUT2D eigenvalue weighted by Gasteiger charge is 2.44. The lowest BCUT2D eigenvalue weighted by atomic mass is 9.67. The van der Waals surface area contributed by atoms with E-state index >= 15 is 0 Å². The minimum absolute atomic E-state index is 0.0411. The van der Waals surface area contributed by atoms with Crippen LogP contribution in [0.1, 0.15) is 22.6 Å². The maximum atomic E-state index is 5.92. The third kappa shape index (κ3) is 2.75. The van der Waals surface area contributed by atoms with Crippen LogP contribution < -0.4 is 28.4 Å². The van der Waals surface area contributed by atoms with Crippen LogP contribution in [-0.2, 0) is 11.2 Å². The second kappa shape index (κ2) is 7.47. The van der Waals surface area contributed by atoms with Crippen molar-refractivity contribution in [2.24, 2.45) is 11.8 Å². The number of hydrogen-bond donors (Lipinski definition) is 0. The van der Waals surface area contributed by atoms with E-state index in [0.29, 0.717) is 52.9 Å². The van der Waals surface area contributed by atoms with Gasteiger partial charge in [0.15, 0.2) is 23.0 Å². The second-order valence-electron chi connectivity index (χ2n) is 7.82. The van der Waals surface area contributed by atoms with E-state index in [4.69, 9.17) is 33.2 Å². The van der Waals surface area contributed by atoms with Gasteiger partial charge in [-0.05, 0) is 47.6 Å². The summed E-state index contributed by atoms with van der Waals surface area (Å²) in [4.78, 5) is 0. The molecule has 2 aliphatic heterocycles. The molecule has 1 aliphatic carbocycles. The van der Waals surface area contributed by atoms with E-state index in [0.717, 1.165) is 24.2 Å². The largest absolute Gasteiger partial charge is 0.493 e. The molecule has 2 heterocycles. The lowest BCUT2D eigenvalue weighted by Crippen LogP contribution is -2.30. The van der Waals surface area contributed by atoms with Gasteiger partial charge in [0.25, 0.3) is 0 Å². The summed E-state index contributed by atoms with van der Waals surface area (Å²) in [7, 11) is 6.60. The quantitative estimate of drug-likeness (QED) is 0.743. The highest BCUT2D eigenvalue weighted by atomic mass is 16.7.